The molecule has 1 aromatic carbocycles. The summed E-state index contributed by atoms with van der Waals surface area (Å²) in [6.45, 7) is 1.30. The van der Waals surface area contributed by atoms with Crippen LogP contribution in [-0.4, -0.2) is 23.9 Å². The third-order valence-electron chi connectivity index (χ3n) is 3.22. The first-order valence-corrected chi connectivity index (χ1v) is 6.13. The Morgan fingerprint density at radius 1 is 1.06 bits per heavy atom. The van der Waals surface area contributed by atoms with E-state index in [0.29, 0.717) is 13.1 Å². The van der Waals surface area contributed by atoms with Crippen LogP contribution in [-0.2, 0) is 0 Å². The molecule has 0 aromatic heterocycles. The number of nitrogens with zero attached hydrogens (tertiary/aromatic N) is 1. The van der Waals surface area contributed by atoms with Gasteiger partial charge in [-0.15, -0.1) is 0 Å². The van der Waals surface area contributed by atoms with Gasteiger partial charge in [0, 0.05) is 24.8 Å². The van der Waals surface area contributed by atoms with E-state index in [2.05, 4.69) is 0 Å². The molecule has 0 bridgehead atoms. The molecule has 1 amide bonds. The minimum Gasteiger partial charge on any atom is -0.398 e. The average Bonchev–Trinajstić information content (AvgIpc) is 2.61. The highest BCUT2D eigenvalue weighted by atomic mass is 19.2. The van der Waals surface area contributed by atoms with Crippen molar-refractivity contribution in [3.05, 3.63) is 29.3 Å². The van der Waals surface area contributed by atoms with Gasteiger partial charge in [-0.2, -0.15) is 0 Å². The van der Waals surface area contributed by atoms with E-state index in [9.17, 15) is 13.6 Å². The Kier molecular flexibility index (Phi) is 3.79. The van der Waals surface area contributed by atoms with Crippen LogP contribution in [0.1, 0.15) is 36.0 Å². The van der Waals surface area contributed by atoms with Crippen molar-refractivity contribution in [2.24, 2.45) is 0 Å². The summed E-state index contributed by atoms with van der Waals surface area (Å²) in [7, 11) is 0. The highest BCUT2D eigenvalue weighted by Crippen LogP contribution is 2.20. The number of hydrogen-bond acceptors (Lipinski definition) is 2. The van der Waals surface area contributed by atoms with Crippen molar-refractivity contribution in [3.8, 4) is 0 Å². The molecule has 0 atom stereocenters. The largest absolute Gasteiger partial charge is 0.398 e. The number of carbonyl (C=O) groups excluding carboxylic acids is 1. The Morgan fingerprint density at radius 3 is 2.22 bits per heavy atom. The van der Waals surface area contributed by atoms with Gasteiger partial charge in [-0.1, -0.05) is 12.8 Å². The number of nitrogen functional groups attached to an aromatic ring is 1. The second-order valence-electron chi connectivity index (χ2n) is 4.56. The zero-order chi connectivity index (χ0) is 13.1. The number of halogens is 2. The molecule has 18 heavy (non-hydrogen) atoms. The molecule has 0 aliphatic carbocycles. The highest BCUT2D eigenvalue weighted by molar-refractivity contribution is 5.99. The maximum atomic E-state index is 13.2. The minimum atomic E-state index is -1.04. The van der Waals surface area contributed by atoms with Crippen molar-refractivity contribution in [2.45, 2.75) is 25.7 Å². The van der Waals surface area contributed by atoms with Gasteiger partial charge in [0.1, 0.15) is 0 Å². The van der Waals surface area contributed by atoms with E-state index >= 15 is 0 Å². The van der Waals surface area contributed by atoms with Gasteiger partial charge < -0.3 is 10.6 Å². The number of hydrogen-bond donors (Lipinski definition) is 1. The Morgan fingerprint density at radius 2 is 1.61 bits per heavy atom. The van der Waals surface area contributed by atoms with Crippen molar-refractivity contribution in [3.63, 3.8) is 0 Å². The normalized spacial score (nSPS) is 16.4. The van der Waals surface area contributed by atoms with E-state index in [-0.39, 0.29) is 17.2 Å². The monoisotopic (exact) mass is 254 g/mol. The van der Waals surface area contributed by atoms with Crippen LogP contribution in [0.5, 0.6) is 0 Å². The molecule has 0 saturated carbocycles. The van der Waals surface area contributed by atoms with Crippen LogP contribution >= 0.6 is 0 Å². The highest BCUT2D eigenvalue weighted by Gasteiger charge is 2.21. The number of benzene rings is 1. The van der Waals surface area contributed by atoms with Crippen LogP contribution in [0, 0.1) is 11.6 Å². The number of nitrogens with two attached hydrogens (primary N) is 1. The molecule has 1 aliphatic heterocycles. The first-order chi connectivity index (χ1) is 8.59. The third kappa shape index (κ3) is 2.60. The maximum absolute atomic E-state index is 13.2. The summed E-state index contributed by atoms with van der Waals surface area (Å²) in [6.07, 6.45) is 4.07. The van der Waals surface area contributed by atoms with Gasteiger partial charge in [0.25, 0.3) is 5.91 Å². The van der Waals surface area contributed by atoms with Crippen molar-refractivity contribution in [1.82, 2.24) is 4.90 Å². The van der Waals surface area contributed by atoms with Gasteiger partial charge in [0.05, 0.1) is 5.56 Å². The van der Waals surface area contributed by atoms with Crippen LogP contribution in [0.4, 0.5) is 14.5 Å². The molecule has 1 saturated heterocycles. The SMILES string of the molecule is Nc1cc(F)c(F)cc1C(=O)N1CCCCCC1. The molecule has 5 heteroatoms. The van der Waals surface area contributed by atoms with Crippen LogP contribution in [0.3, 0.4) is 0 Å². The lowest BCUT2D eigenvalue weighted by Crippen LogP contribution is -2.32. The molecule has 0 radical (unpaired) electrons. The van der Waals surface area contributed by atoms with Gasteiger partial charge in [-0.05, 0) is 18.9 Å². The summed E-state index contributed by atoms with van der Waals surface area (Å²) in [6, 6.07) is 1.75. The number of carbonyl (C=O) groups is 1. The number of amides is 1. The van der Waals surface area contributed by atoms with Crippen molar-refractivity contribution >= 4 is 11.6 Å². The predicted molar refractivity (Wildman–Crippen MR) is 65.1 cm³/mol. The van der Waals surface area contributed by atoms with E-state index in [1.54, 1.807) is 4.90 Å². The third-order valence-corrected chi connectivity index (χ3v) is 3.22. The number of rotatable bonds is 1. The molecule has 2 rings (SSSR count). The van der Waals surface area contributed by atoms with Gasteiger partial charge in [-0.25, -0.2) is 8.78 Å². The summed E-state index contributed by atoms with van der Waals surface area (Å²) in [5.41, 5.74) is 5.62. The van der Waals surface area contributed by atoms with Gasteiger partial charge in [0.2, 0.25) is 0 Å². The summed E-state index contributed by atoms with van der Waals surface area (Å²) in [5.74, 6) is -2.38. The van der Waals surface area contributed by atoms with E-state index in [4.69, 9.17) is 5.73 Å². The number of likely N-dealkylation sites (tertiary alicyclic amines) is 1. The van der Waals surface area contributed by atoms with Crippen molar-refractivity contribution in [2.75, 3.05) is 18.8 Å². The molecule has 98 valence electrons. The fraction of sp³-hybridized carbons (Fsp3) is 0.462. The van der Waals surface area contributed by atoms with Crippen molar-refractivity contribution in [1.29, 1.82) is 0 Å². The minimum absolute atomic E-state index is 0.0110. The Hall–Kier alpha value is -1.65. The molecule has 0 unspecified atom stereocenters. The quantitative estimate of drug-likeness (QED) is 0.783. The Labute approximate surface area is 105 Å². The van der Waals surface area contributed by atoms with Crippen LogP contribution < -0.4 is 5.73 Å². The first-order valence-electron chi connectivity index (χ1n) is 6.13. The second-order valence-corrected chi connectivity index (χ2v) is 4.56. The summed E-state index contributed by atoms with van der Waals surface area (Å²) < 4.78 is 26.1. The zero-order valence-corrected chi connectivity index (χ0v) is 10.1. The van der Waals surface area contributed by atoms with E-state index < -0.39 is 11.6 Å². The lowest BCUT2D eigenvalue weighted by molar-refractivity contribution is 0.0762. The van der Waals surface area contributed by atoms with Crippen molar-refractivity contribution < 1.29 is 13.6 Å². The Bertz CT molecular complexity index is 455. The molecule has 1 fully saturated rings. The zero-order valence-electron chi connectivity index (χ0n) is 10.1. The average molecular weight is 254 g/mol. The fourth-order valence-electron chi connectivity index (χ4n) is 2.19. The first kappa shape index (κ1) is 12.8. The molecule has 0 spiro atoms. The second kappa shape index (κ2) is 5.33. The molecule has 3 nitrogen and oxygen atoms in total. The summed E-state index contributed by atoms with van der Waals surface area (Å²) >= 11 is 0. The molecule has 1 heterocycles. The van der Waals surface area contributed by atoms with Crippen LogP contribution in [0.25, 0.3) is 0 Å². The molecule has 2 N–H and O–H groups in total. The Balaban J connectivity index is 2.24. The van der Waals surface area contributed by atoms with Gasteiger partial charge >= 0.3 is 0 Å². The molecule has 1 aromatic rings. The van der Waals surface area contributed by atoms with Gasteiger partial charge in [-0.3, -0.25) is 4.79 Å². The van der Waals surface area contributed by atoms with E-state index in [0.717, 1.165) is 37.8 Å². The fourth-order valence-corrected chi connectivity index (χ4v) is 2.19. The van der Waals surface area contributed by atoms with E-state index in [1.165, 1.54) is 0 Å². The van der Waals surface area contributed by atoms with E-state index in [1.807, 2.05) is 0 Å². The molecular weight excluding hydrogens is 238 g/mol. The standard InChI is InChI=1S/C13H16F2N2O/c14-10-7-9(12(16)8-11(10)15)13(18)17-5-3-1-2-4-6-17/h7-8H,1-6,16H2. The summed E-state index contributed by atoms with van der Waals surface area (Å²) in [5, 5.41) is 0. The van der Waals surface area contributed by atoms with Crippen LogP contribution in [0.2, 0.25) is 0 Å². The lowest BCUT2D eigenvalue weighted by atomic mass is 10.1. The topological polar surface area (TPSA) is 46.3 Å². The lowest BCUT2D eigenvalue weighted by Gasteiger charge is -2.21. The number of anilines is 1. The molecule has 1 aliphatic rings. The molecular formula is C13H16F2N2O. The smallest absolute Gasteiger partial charge is 0.256 e. The van der Waals surface area contributed by atoms with Gasteiger partial charge in [0.15, 0.2) is 11.6 Å². The maximum Gasteiger partial charge on any atom is 0.256 e. The summed E-state index contributed by atoms with van der Waals surface area (Å²) in [4.78, 5) is 13.9. The van der Waals surface area contributed by atoms with Crippen LogP contribution in [0.15, 0.2) is 12.1 Å². The predicted octanol–water partition coefficient (Wildman–Crippen LogP) is 2.56.